The molecule has 0 saturated heterocycles. The zero-order valence-electron chi connectivity index (χ0n) is 9.71. The maximum atomic E-state index is 11.2. The second-order valence-electron chi connectivity index (χ2n) is 3.74. The molecule has 0 heterocycles. The molecule has 0 bridgehead atoms. The number of rotatable bonds is 4. The molecule has 0 aliphatic heterocycles. The lowest BCUT2D eigenvalue weighted by Gasteiger charge is -2.04. The number of hydrogen-bond donors (Lipinski definition) is 2. The minimum absolute atomic E-state index is 0.236. The normalized spacial score (nSPS) is 11.0. The largest absolute Gasteiger partial charge is 0.478 e. The highest BCUT2D eigenvalue weighted by Crippen LogP contribution is 2.15. The Morgan fingerprint density at radius 1 is 0.944 bits per heavy atom. The Kier molecular flexibility index (Phi) is 3.76. The molecule has 2 rings (SSSR count). The summed E-state index contributed by atoms with van der Waals surface area (Å²) in [5, 5.41) is 12.2. The monoisotopic (exact) mass is 239 g/mol. The van der Waals surface area contributed by atoms with Crippen LogP contribution in [0.2, 0.25) is 0 Å². The van der Waals surface area contributed by atoms with Gasteiger partial charge in [-0.25, -0.2) is 4.79 Å². The number of anilines is 1. The zero-order valence-corrected chi connectivity index (χ0v) is 9.71. The van der Waals surface area contributed by atoms with Crippen LogP contribution in [-0.2, 0) is 4.79 Å². The molecule has 2 aromatic carbocycles. The lowest BCUT2D eigenvalue weighted by Crippen LogP contribution is -2.02. The van der Waals surface area contributed by atoms with Gasteiger partial charge in [0.15, 0.2) is 0 Å². The predicted molar refractivity (Wildman–Crippen MR) is 72.1 cm³/mol. The highest BCUT2D eigenvalue weighted by molar-refractivity contribution is 6.15. The van der Waals surface area contributed by atoms with Crippen molar-refractivity contribution in [2.45, 2.75) is 0 Å². The first-order valence-electron chi connectivity index (χ1n) is 5.58. The van der Waals surface area contributed by atoms with Crippen LogP contribution in [0.1, 0.15) is 5.56 Å². The van der Waals surface area contributed by atoms with Gasteiger partial charge in [0, 0.05) is 11.9 Å². The third-order valence-corrected chi connectivity index (χ3v) is 2.47. The van der Waals surface area contributed by atoms with Crippen molar-refractivity contribution in [1.82, 2.24) is 0 Å². The summed E-state index contributed by atoms with van der Waals surface area (Å²) in [6, 6.07) is 18.5. The number of carboxylic acid groups (broad SMARTS) is 1. The van der Waals surface area contributed by atoms with E-state index in [0.717, 1.165) is 5.69 Å². The van der Waals surface area contributed by atoms with E-state index in [1.54, 1.807) is 12.1 Å². The highest BCUT2D eigenvalue weighted by Gasteiger charge is 2.09. The van der Waals surface area contributed by atoms with Crippen molar-refractivity contribution in [3.8, 4) is 0 Å². The first-order chi connectivity index (χ1) is 8.77. The molecule has 0 radical (unpaired) electrons. The van der Waals surface area contributed by atoms with Crippen LogP contribution in [0.3, 0.4) is 0 Å². The molecule has 2 aromatic rings. The predicted octanol–water partition coefficient (Wildman–Crippen LogP) is 3.22. The van der Waals surface area contributed by atoms with Crippen LogP contribution in [0.4, 0.5) is 5.69 Å². The fraction of sp³-hybridized carbons (Fsp3) is 0. The van der Waals surface area contributed by atoms with Crippen LogP contribution in [0.5, 0.6) is 0 Å². The summed E-state index contributed by atoms with van der Waals surface area (Å²) in [5.41, 5.74) is 1.76. The van der Waals surface area contributed by atoms with E-state index < -0.39 is 5.97 Å². The Morgan fingerprint density at radius 3 is 2.06 bits per heavy atom. The van der Waals surface area contributed by atoms with Crippen molar-refractivity contribution in [3.05, 3.63) is 72.4 Å². The summed E-state index contributed by atoms with van der Waals surface area (Å²) in [4.78, 5) is 11.2. The van der Waals surface area contributed by atoms with Crippen LogP contribution in [0.15, 0.2) is 66.9 Å². The van der Waals surface area contributed by atoms with Crippen molar-refractivity contribution in [3.63, 3.8) is 0 Å². The number of nitrogens with one attached hydrogen (secondary N) is 1. The van der Waals surface area contributed by atoms with Gasteiger partial charge in [0.05, 0.1) is 5.57 Å². The van der Waals surface area contributed by atoms with Gasteiger partial charge in [-0.3, -0.25) is 0 Å². The Hall–Kier alpha value is -2.55. The van der Waals surface area contributed by atoms with E-state index in [4.69, 9.17) is 0 Å². The first kappa shape index (κ1) is 11.9. The molecular formula is C15H13NO2. The second kappa shape index (κ2) is 5.68. The van der Waals surface area contributed by atoms with Crippen molar-refractivity contribution in [1.29, 1.82) is 0 Å². The molecule has 0 atom stereocenters. The van der Waals surface area contributed by atoms with Gasteiger partial charge < -0.3 is 10.4 Å². The minimum Gasteiger partial charge on any atom is -0.478 e. The zero-order chi connectivity index (χ0) is 12.8. The Balaban J connectivity index is 2.24. The molecule has 0 amide bonds. The molecule has 90 valence electrons. The summed E-state index contributed by atoms with van der Waals surface area (Å²) in [6.07, 6.45) is 1.51. The maximum absolute atomic E-state index is 11.2. The van der Waals surface area contributed by atoms with Crippen LogP contribution in [0, 0.1) is 0 Å². The lowest BCUT2D eigenvalue weighted by molar-refractivity contribution is -0.130. The summed E-state index contributed by atoms with van der Waals surface area (Å²) >= 11 is 0. The molecule has 18 heavy (non-hydrogen) atoms. The molecule has 0 fully saturated rings. The van der Waals surface area contributed by atoms with Crippen molar-refractivity contribution in [2.24, 2.45) is 0 Å². The van der Waals surface area contributed by atoms with E-state index in [1.165, 1.54) is 6.20 Å². The average molecular weight is 239 g/mol. The molecule has 0 aliphatic carbocycles. The third kappa shape index (κ3) is 2.98. The van der Waals surface area contributed by atoms with Gasteiger partial charge in [-0.05, 0) is 17.7 Å². The number of benzene rings is 2. The van der Waals surface area contributed by atoms with Gasteiger partial charge in [-0.2, -0.15) is 0 Å². The Bertz CT molecular complexity index is 547. The van der Waals surface area contributed by atoms with Crippen molar-refractivity contribution in [2.75, 3.05) is 5.32 Å². The summed E-state index contributed by atoms with van der Waals surface area (Å²) < 4.78 is 0. The van der Waals surface area contributed by atoms with E-state index >= 15 is 0 Å². The molecular weight excluding hydrogens is 226 g/mol. The van der Waals surface area contributed by atoms with E-state index in [1.807, 2.05) is 48.5 Å². The minimum atomic E-state index is -0.954. The molecule has 2 N–H and O–H groups in total. The number of aliphatic carboxylic acids is 1. The fourth-order valence-electron chi connectivity index (χ4n) is 1.58. The maximum Gasteiger partial charge on any atom is 0.337 e. The Labute approximate surface area is 105 Å². The lowest BCUT2D eigenvalue weighted by atomic mass is 10.1. The molecule has 0 spiro atoms. The van der Waals surface area contributed by atoms with Gasteiger partial charge in [-0.15, -0.1) is 0 Å². The van der Waals surface area contributed by atoms with Crippen molar-refractivity contribution >= 4 is 17.2 Å². The summed E-state index contributed by atoms with van der Waals surface area (Å²) in [7, 11) is 0. The fourth-order valence-corrected chi connectivity index (χ4v) is 1.58. The number of carboxylic acids is 1. The summed E-state index contributed by atoms with van der Waals surface area (Å²) in [5.74, 6) is -0.954. The van der Waals surface area contributed by atoms with Gasteiger partial charge in [0.25, 0.3) is 0 Å². The molecule has 0 aromatic heterocycles. The number of hydrogen-bond acceptors (Lipinski definition) is 2. The SMILES string of the molecule is O=C(O)/C(=C\Nc1ccccc1)c1ccccc1. The third-order valence-electron chi connectivity index (χ3n) is 2.47. The van der Waals surface area contributed by atoms with Crippen LogP contribution < -0.4 is 5.32 Å². The standard InChI is InChI=1S/C15H13NO2/c17-15(18)14(12-7-3-1-4-8-12)11-16-13-9-5-2-6-10-13/h1-11,16H,(H,17,18)/b14-11-. The number of carbonyl (C=O) groups is 1. The Morgan fingerprint density at radius 2 is 1.50 bits per heavy atom. The molecule has 3 nitrogen and oxygen atoms in total. The number of para-hydroxylation sites is 1. The van der Waals surface area contributed by atoms with Gasteiger partial charge >= 0.3 is 5.97 Å². The molecule has 0 unspecified atom stereocenters. The van der Waals surface area contributed by atoms with E-state index in [0.29, 0.717) is 5.56 Å². The van der Waals surface area contributed by atoms with E-state index in [2.05, 4.69) is 5.32 Å². The first-order valence-corrected chi connectivity index (χ1v) is 5.58. The molecule has 0 aliphatic rings. The van der Waals surface area contributed by atoms with Crippen LogP contribution in [-0.4, -0.2) is 11.1 Å². The molecule has 3 heteroatoms. The highest BCUT2D eigenvalue weighted by atomic mass is 16.4. The second-order valence-corrected chi connectivity index (χ2v) is 3.74. The van der Waals surface area contributed by atoms with Crippen LogP contribution >= 0.6 is 0 Å². The smallest absolute Gasteiger partial charge is 0.337 e. The quantitative estimate of drug-likeness (QED) is 0.805. The van der Waals surface area contributed by atoms with Gasteiger partial charge in [-0.1, -0.05) is 48.5 Å². The van der Waals surface area contributed by atoms with E-state index in [9.17, 15) is 9.90 Å². The van der Waals surface area contributed by atoms with E-state index in [-0.39, 0.29) is 5.57 Å². The summed E-state index contributed by atoms with van der Waals surface area (Å²) in [6.45, 7) is 0. The molecule has 0 saturated carbocycles. The average Bonchev–Trinajstić information content (AvgIpc) is 2.41. The topological polar surface area (TPSA) is 49.3 Å². The van der Waals surface area contributed by atoms with Crippen LogP contribution in [0.25, 0.3) is 5.57 Å². The van der Waals surface area contributed by atoms with Gasteiger partial charge in [0.2, 0.25) is 0 Å². The van der Waals surface area contributed by atoms with Crippen molar-refractivity contribution < 1.29 is 9.90 Å². The van der Waals surface area contributed by atoms with Gasteiger partial charge in [0.1, 0.15) is 0 Å².